The van der Waals surface area contributed by atoms with Crippen LogP contribution in [0.3, 0.4) is 0 Å². The average molecular weight is 267 g/mol. The molecule has 0 bridgehead atoms. The molecule has 0 radical (unpaired) electrons. The predicted octanol–water partition coefficient (Wildman–Crippen LogP) is 1.99. The van der Waals surface area contributed by atoms with Crippen molar-refractivity contribution in [1.82, 2.24) is 4.90 Å². The number of methoxy groups -OCH3 is 1. The molecule has 4 nitrogen and oxygen atoms in total. The van der Waals surface area contributed by atoms with Gasteiger partial charge in [0, 0.05) is 19.6 Å². The summed E-state index contributed by atoms with van der Waals surface area (Å²) in [6, 6.07) is 4.84. The van der Waals surface area contributed by atoms with E-state index in [0.717, 1.165) is 12.1 Å². The monoisotopic (exact) mass is 267 g/mol. The van der Waals surface area contributed by atoms with E-state index in [1.54, 1.807) is 12.1 Å². The Morgan fingerprint density at radius 2 is 2.26 bits per heavy atom. The molecule has 1 aliphatic heterocycles. The highest BCUT2D eigenvalue weighted by Gasteiger charge is 2.34. The van der Waals surface area contributed by atoms with E-state index in [0.29, 0.717) is 13.1 Å². The smallest absolute Gasteiger partial charge is 0.308 e. The van der Waals surface area contributed by atoms with E-state index in [4.69, 9.17) is 9.84 Å². The van der Waals surface area contributed by atoms with Gasteiger partial charge in [0.1, 0.15) is 0 Å². The van der Waals surface area contributed by atoms with E-state index >= 15 is 0 Å². The molecule has 0 aromatic heterocycles. The van der Waals surface area contributed by atoms with Crippen LogP contribution in [0.4, 0.5) is 4.39 Å². The Morgan fingerprint density at radius 1 is 1.53 bits per heavy atom. The third-order valence-electron chi connectivity index (χ3n) is 3.63. The third kappa shape index (κ3) is 3.04. The molecular weight excluding hydrogens is 249 g/mol. The molecule has 0 amide bonds. The second kappa shape index (κ2) is 5.57. The fraction of sp³-hybridized carbons (Fsp3) is 0.500. The van der Waals surface area contributed by atoms with Crippen LogP contribution in [0.15, 0.2) is 18.2 Å². The van der Waals surface area contributed by atoms with Crippen molar-refractivity contribution in [1.29, 1.82) is 0 Å². The maximum absolute atomic E-state index is 13.6. The predicted molar refractivity (Wildman–Crippen MR) is 68.5 cm³/mol. The number of nitrogens with zero attached hydrogens (tertiary/aromatic N) is 1. The molecule has 104 valence electrons. The number of aliphatic carboxylic acids is 1. The van der Waals surface area contributed by atoms with Crippen LogP contribution in [-0.4, -0.2) is 36.2 Å². The minimum atomic E-state index is -0.754. The zero-order chi connectivity index (χ0) is 14.0. The fourth-order valence-corrected chi connectivity index (χ4v) is 2.58. The van der Waals surface area contributed by atoms with Gasteiger partial charge in [-0.2, -0.15) is 0 Å². The topological polar surface area (TPSA) is 49.8 Å². The molecule has 1 aromatic carbocycles. The maximum atomic E-state index is 13.6. The number of ether oxygens (including phenoxy) is 1. The van der Waals surface area contributed by atoms with E-state index in [1.807, 2.05) is 11.8 Å². The van der Waals surface area contributed by atoms with Crippen molar-refractivity contribution in [2.24, 2.45) is 11.8 Å². The van der Waals surface area contributed by atoms with Crippen LogP contribution in [0.25, 0.3) is 0 Å². The number of hydrogen-bond donors (Lipinski definition) is 1. The van der Waals surface area contributed by atoms with E-state index in [-0.39, 0.29) is 23.4 Å². The summed E-state index contributed by atoms with van der Waals surface area (Å²) in [6.45, 7) is 3.75. The molecule has 1 aromatic rings. The van der Waals surface area contributed by atoms with Gasteiger partial charge in [0.15, 0.2) is 11.6 Å². The number of halogens is 1. The van der Waals surface area contributed by atoms with Gasteiger partial charge in [0.05, 0.1) is 13.0 Å². The Hall–Kier alpha value is -1.62. The van der Waals surface area contributed by atoms with Gasteiger partial charge in [0.2, 0.25) is 0 Å². The first-order valence-electron chi connectivity index (χ1n) is 6.29. The fourth-order valence-electron chi connectivity index (χ4n) is 2.58. The molecule has 0 unspecified atom stereocenters. The highest BCUT2D eigenvalue weighted by Crippen LogP contribution is 2.25. The Morgan fingerprint density at radius 3 is 2.79 bits per heavy atom. The van der Waals surface area contributed by atoms with Crippen LogP contribution >= 0.6 is 0 Å². The van der Waals surface area contributed by atoms with Crippen LogP contribution in [0.1, 0.15) is 12.5 Å². The molecule has 19 heavy (non-hydrogen) atoms. The van der Waals surface area contributed by atoms with Gasteiger partial charge in [-0.05, 0) is 23.6 Å². The molecule has 5 heteroatoms. The molecule has 2 rings (SSSR count). The zero-order valence-electron chi connectivity index (χ0n) is 11.1. The van der Waals surface area contributed by atoms with Crippen molar-refractivity contribution >= 4 is 5.97 Å². The maximum Gasteiger partial charge on any atom is 0.308 e. The Kier molecular flexibility index (Phi) is 4.04. The number of hydrogen-bond acceptors (Lipinski definition) is 3. The van der Waals surface area contributed by atoms with Crippen LogP contribution in [-0.2, 0) is 11.3 Å². The van der Waals surface area contributed by atoms with Crippen LogP contribution < -0.4 is 4.74 Å². The average Bonchev–Trinajstić information content (AvgIpc) is 2.70. The molecule has 1 fully saturated rings. The summed E-state index contributed by atoms with van der Waals surface area (Å²) < 4.78 is 18.4. The zero-order valence-corrected chi connectivity index (χ0v) is 11.1. The van der Waals surface area contributed by atoms with Crippen molar-refractivity contribution in [3.63, 3.8) is 0 Å². The number of benzene rings is 1. The summed E-state index contributed by atoms with van der Waals surface area (Å²) in [6.07, 6.45) is 0. The normalized spacial score (nSPS) is 23.5. The summed E-state index contributed by atoms with van der Waals surface area (Å²) in [5.74, 6) is -1.12. The minimum absolute atomic E-state index is 0.126. The first-order chi connectivity index (χ1) is 9.01. The lowest BCUT2D eigenvalue weighted by atomic mass is 9.99. The Bertz CT molecular complexity index is 478. The first kappa shape index (κ1) is 13.8. The van der Waals surface area contributed by atoms with Crippen molar-refractivity contribution < 1.29 is 19.0 Å². The summed E-state index contributed by atoms with van der Waals surface area (Å²) >= 11 is 0. The van der Waals surface area contributed by atoms with Crippen LogP contribution in [0.5, 0.6) is 5.75 Å². The number of carboxylic acids is 1. The molecule has 0 saturated carbocycles. The summed E-state index contributed by atoms with van der Waals surface area (Å²) in [5, 5.41) is 9.08. The lowest BCUT2D eigenvalue weighted by Gasteiger charge is -2.15. The first-order valence-corrected chi connectivity index (χ1v) is 6.29. The van der Waals surface area contributed by atoms with Gasteiger partial charge in [0.25, 0.3) is 0 Å². The molecular formula is C14H18FNO3. The largest absolute Gasteiger partial charge is 0.494 e. The molecule has 2 atom stereocenters. The van der Waals surface area contributed by atoms with Crippen molar-refractivity contribution in [2.75, 3.05) is 20.2 Å². The second-order valence-corrected chi connectivity index (χ2v) is 5.08. The third-order valence-corrected chi connectivity index (χ3v) is 3.63. The van der Waals surface area contributed by atoms with Gasteiger partial charge in [-0.1, -0.05) is 13.0 Å². The molecule has 1 heterocycles. The molecule has 0 aliphatic carbocycles. The SMILES string of the molecule is COc1ccc(CN2C[C@@H](C)[C@H](C(=O)O)C2)cc1F. The highest BCUT2D eigenvalue weighted by atomic mass is 19.1. The van der Waals surface area contributed by atoms with Gasteiger partial charge < -0.3 is 9.84 Å². The van der Waals surface area contributed by atoms with E-state index in [1.165, 1.54) is 13.2 Å². The van der Waals surface area contributed by atoms with Gasteiger partial charge in [-0.15, -0.1) is 0 Å². The highest BCUT2D eigenvalue weighted by molar-refractivity contribution is 5.71. The van der Waals surface area contributed by atoms with E-state index in [9.17, 15) is 9.18 Å². The standard InChI is InChI=1S/C14H18FNO3/c1-9-6-16(8-11(9)14(17)18)7-10-3-4-13(19-2)12(15)5-10/h3-5,9,11H,6-8H2,1-2H3,(H,17,18)/t9-,11-/m1/s1. The minimum Gasteiger partial charge on any atom is -0.494 e. The Labute approximate surface area is 111 Å². The molecule has 1 saturated heterocycles. The lowest BCUT2D eigenvalue weighted by molar-refractivity contribution is -0.142. The second-order valence-electron chi connectivity index (χ2n) is 5.08. The van der Waals surface area contributed by atoms with Crippen LogP contribution in [0.2, 0.25) is 0 Å². The van der Waals surface area contributed by atoms with Crippen molar-refractivity contribution in [3.05, 3.63) is 29.6 Å². The van der Waals surface area contributed by atoms with Gasteiger partial charge in [-0.25, -0.2) is 4.39 Å². The summed E-state index contributed by atoms with van der Waals surface area (Å²) in [5.41, 5.74) is 0.830. The molecule has 0 spiro atoms. The van der Waals surface area contributed by atoms with Crippen molar-refractivity contribution in [3.8, 4) is 5.75 Å². The quantitative estimate of drug-likeness (QED) is 0.906. The number of carbonyl (C=O) groups is 1. The lowest BCUT2D eigenvalue weighted by Crippen LogP contribution is -2.23. The van der Waals surface area contributed by atoms with E-state index < -0.39 is 5.97 Å². The van der Waals surface area contributed by atoms with Gasteiger partial charge in [-0.3, -0.25) is 9.69 Å². The number of rotatable bonds is 4. The Balaban J connectivity index is 2.03. The summed E-state index contributed by atoms with van der Waals surface area (Å²) in [4.78, 5) is 13.1. The van der Waals surface area contributed by atoms with Crippen molar-refractivity contribution in [2.45, 2.75) is 13.5 Å². The van der Waals surface area contributed by atoms with E-state index in [2.05, 4.69) is 0 Å². The number of likely N-dealkylation sites (tertiary alicyclic amines) is 1. The molecule has 1 N–H and O–H groups in total. The molecule has 1 aliphatic rings. The number of carboxylic acid groups (broad SMARTS) is 1. The van der Waals surface area contributed by atoms with Crippen LogP contribution in [0, 0.1) is 17.7 Å². The van der Waals surface area contributed by atoms with Gasteiger partial charge >= 0.3 is 5.97 Å². The summed E-state index contributed by atoms with van der Waals surface area (Å²) in [7, 11) is 1.43.